The first-order valence-corrected chi connectivity index (χ1v) is 6.06. The van der Waals surface area contributed by atoms with E-state index in [4.69, 9.17) is 10.2 Å². The van der Waals surface area contributed by atoms with Crippen molar-refractivity contribution in [2.45, 2.75) is 26.3 Å². The van der Waals surface area contributed by atoms with Gasteiger partial charge in [0.25, 0.3) is 0 Å². The summed E-state index contributed by atoms with van der Waals surface area (Å²) in [6, 6.07) is 0.780. The van der Waals surface area contributed by atoms with E-state index < -0.39 is 11.9 Å². The molecule has 1 fully saturated rings. The van der Waals surface area contributed by atoms with Crippen molar-refractivity contribution in [3.63, 3.8) is 0 Å². The van der Waals surface area contributed by atoms with Crippen molar-refractivity contribution in [2.24, 2.45) is 0 Å². The second kappa shape index (κ2) is 9.61. The zero-order valence-electron chi connectivity index (χ0n) is 10.9. The quantitative estimate of drug-likeness (QED) is 0.632. The smallest absolute Gasteiger partial charge is 0.328 e. The van der Waals surface area contributed by atoms with Gasteiger partial charge in [0, 0.05) is 44.4 Å². The van der Waals surface area contributed by atoms with Crippen LogP contribution in [0.15, 0.2) is 12.2 Å². The van der Waals surface area contributed by atoms with Crippen molar-refractivity contribution >= 4 is 11.9 Å². The van der Waals surface area contributed by atoms with Crippen LogP contribution in [0.2, 0.25) is 0 Å². The number of nitrogens with one attached hydrogen (secondary N) is 1. The van der Waals surface area contributed by atoms with Gasteiger partial charge in [-0.2, -0.15) is 0 Å². The molecule has 0 spiro atoms. The Morgan fingerprint density at radius 3 is 2.00 bits per heavy atom. The fourth-order valence-electron chi connectivity index (χ4n) is 1.52. The highest BCUT2D eigenvalue weighted by Gasteiger charge is 2.13. The minimum atomic E-state index is -1.26. The highest BCUT2D eigenvalue weighted by atomic mass is 16.4. The Hall–Kier alpha value is -1.40. The van der Waals surface area contributed by atoms with E-state index in [9.17, 15) is 9.59 Å². The summed E-state index contributed by atoms with van der Waals surface area (Å²) in [7, 11) is 0. The maximum absolute atomic E-state index is 9.55. The van der Waals surface area contributed by atoms with E-state index in [2.05, 4.69) is 24.1 Å². The predicted molar refractivity (Wildman–Crippen MR) is 68.6 cm³/mol. The molecule has 0 amide bonds. The Morgan fingerprint density at radius 1 is 1.22 bits per heavy atom. The highest BCUT2D eigenvalue weighted by molar-refractivity contribution is 5.89. The largest absolute Gasteiger partial charge is 0.478 e. The zero-order chi connectivity index (χ0) is 14.0. The van der Waals surface area contributed by atoms with Crippen LogP contribution >= 0.6 is 0 Å². The molecule has 0 aromatic carbocycles. The fourth-order valence-corrected chi connectivity index (χ4v) is 1.52. The van der Waals surface area contributed by atoms with Gasteiger partial charge in [-0.3, -0.25) is 4.90 Å². The summed E-state index contributed by atoms with van der Waals surface area (Å²) in [6.45, 7) is 9.37. The lowest BCUT2D eigenvalue weighted by atomic mass is 10.2. The number of carboxylic acids is 2. The van der Waals surface area contributed by atoms with Crippen molar-refractivity contribution in [1.29, 1.82) is 0 Å². The third kappa shape index (κ3) is 8.72. The van der Waals surface area contributed by atoms with Crippen molar-refractivity contribution in [1.82, 2.24) is 10.2 Å². The van der Waals surface area contributed by atoms with Gasteiger partial charge in [0.2, 0.25) is 0 Å². The second-order valence-corrected chi connectivity index (χ2v) is 4.05. The van der Waals surface area contributed by atoms with Crippen molar-refractivity contribution in [3.05, 3.63) is 12.2 Å². The monoisotopic (exact) mass is 258 g/mol. The Balaban J connectivity index is 0.000000331. The molecule has 0 aromatic rings. The fraction of sp³-hybridized carbons (Fsp3) is 0.667. The van der Waals surface area contributed by atoms with Crippen LogP contribution in [0.5, 0.6) is 0 Å². The molecule has 104 valence electrons. The molecule has 6 heteroatoms. The van der Waals surface area contributed by atoms with Crippen LogP contribution in [0.4, 0.5) is 0 Å². The molecule has 0 saturated carbocycles. The van der Waals surface area contributed by atoms with E-state index in [0.717, 1.165) is 6.04 Å². The maximum atomic E-state index is 9.55. The molecule has 0 bridgehead atoms. The summed E-state index contributed by atoms with van der Waals surface area (Å²) in [5.74, 6) is -2.51. The number of carbonyl (C=O) groups is 2. The van der Waals surface area contributed by atoms with Gasteiger partial charge in [-0.25, -0.2) is 9.59 Å². The Morgan fingerprint density at radius 2 is 1.67 bits per heavy atom. The average molecular weight is 258 g/mol. The number of hydrogen-bond acceptors (Lipinski definition) is 4. The van der Waals surface area contributed by atoms with E-state index in [0.29, 0.717) is 12.2 Å². The number of aliphatic carboxylic acids is 2. The third-order valence-corrected chi connectivity index (χ3v) is 2.73. The first kappa shape index (κ1) is 16.6. The third-order valence-electron chi connectivity index (χ3n) is 2.73. The summed E-state index contributed by atoms with van der Waals surface area (Å²) < 4.78 is 0. The molecular weight excluding hydrogens is 236 g/mol. The van der Waals surface area contributed by atoms with Gasteiger partial charge in [0.15, 0.2) is 0 Å². The van der Waals surface area contributed by atoms with Crippen LogP contribution in [-0.4, -0.2) is 59.3 Å². The maximum Gasteiger partial charge on any atom is 0.328 e. The summed E-state index contributed by atoms with van der Waals surface area (Å²) in [5.41, 5.74) is 0. The molecule has 6 nitrogen and oxygen atoms in total. The van der Waals surface area contributed by atoms with Crippen LogP contribution in [0.1, 0.15) is 20.3 Å². The lowest BCUT2D eigenvalue weighted by Crippen LogP contribution is -2.47. The standard InChI is InChI=1S/C8H18N2.C4H4O4/c1-3-8(2)10-6-4-9-5-7-10;5-3(6)1-2-4(7)8/h8-9H,3-7H2,1-2H3;1-2H,(H,5,6)(H,7,8). The van der Waals surface area contributed by atoms with Crippen molar-refractivity contribution < 1.29 is 19.8 Å². The molecule has 0 aromatic heterocycles. The van der Waals surface area contributed by atoms with Gasteiger partial charge in [0.05, 0.1) is 0 Å². The molecule has 1 aliphatic rings. The minimum Gasteiger partial charge on any atom is -0.478 e. The Kier molecular flexibility index (Phi) is 8.86. The number of rotatable bonds is 4. The van der Waals surface area contributed by atoms with E-state index in [1.165, 1.54) is 32.6 Å². The van der Waals surface area contributed by atoms with Crippen LogP contribution < -0.4 is 5.32 Å². The van der Waals surface area contributed by atoms with Crippen LogP contribution in [0, 0.1) is 0 Å². The molecule has 1 atom stereocenters. The molecular formula is C12H22N2O4. The van der Waals surface area contributed by atoms with Crippen LogP contribution in [-0.2, 0) is 9.59 Å². The highest BCUT2D eigenvalue weighted by Crippen LogP contribution is 2.03. The Bertz CT molecular complexity index is 270. The van der Waals surface area contributed by atoms with E-state index >= 15 is 0 Å². The van der Waals surface area contributed by atoms with Crippen LogP contribution in [0.25, 0.3) is 0 Å². The summed E-state index contributed by atoms with van der Waals surface area (Å²) in [5, 5.41) is 19.0. The van der Waals surface area contributed by atoms with E-state index in [1.807, 2.05) is 0 Å². The molecule has 3 N–H and O–H groups in total. The van der Waals surface area contributed by atoms with Gasteiger partial charge in [0.1, 0.15) is 0 Å². The SMILES string of the molecule is CCC(C)N1CCNCC1.O=C(O)C=CC(=O)O. The lowest BCUT2D eigenvalue weighted by molar-refractivity contribution is -0.134. The number of hydrogen-bond donors (Lipinski definition) is 3. The second-order valence-electron chi connectivity index (χ2n) is 4.05. The first-order valence-electron chi connectivity index (χ1n) is 6.06. The molecule has 1 rings (SSSR count). The van der Waals surface area contributed by atoms with Gasteiger partial charge in [-0.1, -0.05) is 6.92 Å². The van der Waals surface area contributed by atoms with E-state index in [-0.39, 0.29) is 0 Å². The minimum absolute atomic E-state index is 0.558. The van der Waals surface area contributed by atoms with Crippen molar-refractivity contribution in [3.8, 4) is 0 Å². The van der Waals surface area contributed by atoms with Gasteiger partial charge in [-0.05, 0) is 13.3 Å². The number of nitrogens with zero attached hydrogens (tertiary/aromatic N) is 1. The topological polar surface area (TPSA) is 89.9 Å². The summed E-state index contributed by atoms with van der Waals surface area (Å²) in [4.78, 5) is 21.7. The molecule has 0 radical (unpaired) electrons. The molecule has 1 saturated heterocycles. The molecule has 1 unspecified atom stereocenters. The predicted octanol–water partition coefficient (Wildman–Crippen LogP) is 0.402. The number of carboxylic acid groups (broad SMARTS) is 2. The molecule has 1 heterocycles. The lowest BCUT2D eigenvalue weighted by Gasteiger charge is -2.32. The van der Waals surface area contributed by atoms with E-state index in [1.54, 1.807) is 0 Å². The van der Waals surface area contributed by atoms with Gasteiger partial charge in [-0.15, -0.1) is 0 Å². The van der Waals surface area contributed by atoms with Crippen LogP contribution in [0.3, 0.4) is 0 Å². The first-order chi connectivity index (χ1) is 8.47. The van der Waals surface area contributed by atoms with Crippen molar-refractivity contribution in [2.75, 3.05) is 26.2 Å². The normalized spacial score (nSPS) is 17.9. The summed E-state index contributed by atoms with van der Waals surface area (Å²) >= 11 is 0. The molecule has 18 heavy (non-hydrogen) atoms. The van der Waals surface area contributed by atoms with Gasteiger partial charge < -0.3 is 15.5 Å². The molecule has 1 aliphatic heterocycles. The zero-order valence-corrected chi connectivity index (χ0v) is 10.9. The molecule has 0 aliphatic carbocycles. The number of piperazine rings is 1. The Labute approximate surface area is 107 Å². The summed E-state index contributed by atoms with van der Waals surface area (Å²) in [6.07, 6.45) is 2.39. The average Bonchev–Trinajstić information content (AvgIpc) is 2.37. The van der Waals surface area contributed by atoms with Gasteiger partial charge >= 0.3 is 11.9 Å².